The minimum atomic E-state index is -0.707. The van der Waals surface area contributed by atoms with Gasteiger partial charge in [-0.2, -0.15) is 0 Å². The lowest BCUT2D eigenvalue weighted by Gasteiger charge is -2.30. The third-order valence-corrected chi connectivity index (χ3v) is 6.64. The number of rotatable bonds is 10. The molecule has 3 rings (SSSR count). The van der Waals surface area contributed by atoms with Gasteiger partial charge in [-0.05, 0) is 61.2 Å². The van der Waals surface area contributed by atoms with Crippen LogP contribution in [0.15, 0.2) is 43.0 Å². The van der Waals surface area contributed by atoms with Crippen LogP contribution in [0.5, 0.6) is 11.5 Å². The van der Waals surface area contributed by atoms with E-state index in [9.17, 15) is 15.0 Å². The van der Waals surface area contributed by atoms with E-state index in [4.69, 9.17) is 14.9 Å². The van der Waals surface area contributed by atoms with Crippen LogP contribution in [-0.4, -0.2) is 60.8 Å². The largest absolute Gasteiger partial charge is 0.507 e. The number of piperidine rings is 1. The van der Waals surface area contributed by atoms with Crippen molar-refractivity contribution in [2.24, 2.45) is 5.92 Å². The number of carboxylic acids is 1. The maximum Gasteiger partial charge on any atom is 0.306 e. The van der Waals surface area contributed by atoms with Gasteiger partial charge in [0.25, 0.3) is 0 Å². The number of nitrogens with one attached hydrogen (secondary N) is 1. The van der Waals surface area contributed by atoms with Crippen LogP contribution in [0.3, 0.4) is 0 Å². The average molecular weight is 496 g/mol. The molecule has 0 spiro atoms. The summed E-state index contributed by atoms with van der Waals surface area (Å²) in [6.45, 7) is 10.7. The molecule has 2 aromatic rings. The number of anilines is 1. The number of hydrogen-bond donors (Lipinski definition) is 3. The van der Waals surface area contributed by atoms with Crippen LogP contribution in [0.2, 0.25) is 0 Å². The molecular formula is C28H37N3O5. The van der Waals surface area contributed by atoms with Crippen molar-refractivity contribution in [2.75, 3.05) is 38.8 Å². The number of amidine groups is 1. The van der Waals surface area contributed by atoms with Gasteiger partial charge in [-0.3, -0.25) is 20.0 Å². The van der Waals surface area contributed by atoms with Crippen LogP contribution in [0.4, 0.5) is 5.69 Å². The lowest BCUT2D eigenvalue weighted by atomic mass is 9.96. The van der Waals surface area contributed by atoms with Crippen LogP contribution in [0.1, 0.15) is 49.3 Å². The van der Waals surface area contributed by atoms with E-state index in [1.165, 1.54) is 7.11 Å². The third-order valence-electron chi connectivity index (χ3n) is 6.64. The highest BCUT2D eigenvalue weighted by Crippen LogP contribution is 2.38. The Morgan fingerprint density at radius 3 is 2.36 bits per heavy atom. The smallest absolute Gasteiger partial charge is 0.306 e. The first-order valence-corrected chi connectivity index (χ1v) is 12.2. The van der Waals surface area contributed by atoms with Crippen LogP contribution < -0.4 is 9.64 Å². The molecule has 0 saturated carbocycles. The van der Waals surface area contributed by atoms with E-state index in [1.54, 1.807) is 18.1 Å². The molecule has 0 aliphatic carbocycles. The Bertz CT molecular complexity index is 1090. The summed E-state index contributed by atoms with van der Waals surface area (Å²) in [6.07, 6.45) is 1.33. The van der Waals surface area contributed by atoms with E-state index in [2.05, 4.69) is 25.3 Å². The van der Waals surface area contributed by atoms with Crippen molar-refractivity contribution in [1.82, 2.24) is 4.90 Å². The topological polar surface area (TPSA) is 106 Å². The van der Waals surface area contributed by atoms with Gasteiger partial charge in [0.15, 0.2) is 0 Å². The highest BCUT2D eigenvalue weighted by molar-refractivity contribution is 6.08. The van der Waals surface area contributed by atoms with Crippen molar-refractivity contribution in [3.05, 3.63) is 59.7 Å². The summed E-state index contributed by atoms with van der Waals surface area (Å²) in [7, 11) is 3.11. The van der Waals surface area contributed by atoms with Gasteiger partial charge >= 0.3 is 5.97 Å². The van der Waals surface area contributed by atoms with Crippen molar-refractivity contribution >= 4 is 23.2 Å². The molecular weight excluding hydrogens is 458 g/mol. The fourth-order valence-corrected chi connectivity index (χ4v) is 4.59. The highest BCUT2D eigenvalue weighted by Gasteiger charge is 2.25. The second-order valence-corrected chi connectivity index (χ2v) is 9.48. The SMILES string of the molecule is C=C(c1cc(C(C)C)c(OC)cc1O)N(C(=N)COC)c1ccc(CN2CCC(C(=O)O)CC2)cc1. The Morgan fingerprint density at radius 1 is 1.19 bits per heavy atom. The first-order chi connectivity index (χ1) is 17.2. The monoisotopic (exact) mass is 495 g/mol. The quantitative estimate of drug-likeness (QED) is 0.317. The summed E-state index contributed by atoms with van der Waals surface area (Å²) in [5.41, 5.74) is 3.75. The molecule has 1 heterocycles. The minimum Gasteiger partial charge on any atom is -0.507 e. The van der Waals surface area contributed by atoms with E-state index in [-0.39, 0.29) is 30.0 Å². The number of phenolic OH excluding ortho intramolecular Hbond substituents is 1. The summed E-state index contributed by atoms with van der Waals surface area (Å²) >= 11 is 0. The number of aromatic hydroxyl groups is 1. The lowest BCUT2D eigenvalue weighted by molar-refractivity contribution is -0.143. The zero-order valence-corrected chi connectivity index (χ0v) is 21.6. The fraction of sp³-hybridized carbons (Fsp3) is 0.429. The second-order valence-electron chi connectivity index (χ2n) is 9.48. The van der Waals surface area contributed by atoms with Crippen LogP contribution in [-0.2, 0) is 16.1 Å². The number of hydrogen-bond acceptors (Lipinski definition) is 6. The van der Waals surface area contributed by atoms with Crippen molar-refractivity contribution in [3.8, 4) is 11.5 Å². The van der Waals surface area contributed by atoms with Gasteiger partial charge in [0.2, 0.25) is 0 Å². The Hall–Kier alpha value is -3.36. The number of ether oxygens (including phenoxy) is 2. The van der Waals surface area contributed by atoms with E-state index < -0.39 is 5.97 Å². The van der Waals surface area contributed by atoms with E-state index in [0.29, 0.717) is 29.9 Å². The van der Waals surface area contributed by atoms with Crippen LogP contribution >= 0.6 is 0 Å². The van der Waals surface area contributed by atoms with Gasteiger partial charge < -0.3 is 19.7 Å². The van der Waals surface area contributed by atoms with Crippen molar-refractivity contribution in [1.29, 1.82) is 5.41 Å². The molecule has 0 amide bonds. The van der Waals surface area contributed by atoms with Crippen molar-refractivity contribution in [3.63, 3.8) is 0 Å². The summed E-state index contributed by atoms with van der Waals surface area (Å²) < 4.78 is 10.7. The average Bonchev–Trinajstić information content (AvgIpc) is 2.85. The van der Waals surface area contributed by atoms with Gasteiger partial charge in [0.1, 0.15) is 23.9 Å². The Kier molecular flexibility index (Phi) is 9.12. The molecule has 194 valence electrons. The summed E-state index contributed by atoms with van der Waals surface area (Å²) in [5, 5.41) is 28.6. The fourth-order valence-electron chi connectivity index (χ4n) is 4.59. The van der Waals surface area contributed by atoms with Crippen LogP contribution in [0, 0.1) is 11.3 Å². The molecule has 1 aliphatic rings. The molecule has 36 heavy (non-hydrogen) atoms. The van der Waals surface area contributed by atoms with Gasteiger partial charge in [-0.15, -0.1) is 0 Å². The predicted octanol–water partition coefficient (Wildman–Crippen LogP) is 4.92. The Balaban J connectivity index is 1.85. The first kappa shape index (κ1) is 27.2. The third kappa shape index (κ3) is 6.25. The maximum atomic E-state index is 11.2. The van der Waals surface area contributed by atoms with Gasteiger partial charge in [0, 0.05) is 31.0 Å². The number of nitrogens with zero attached hydrogens (tertiary/aromatic N) is 2. The summed E-state index contributed by atoms with van der Waals surface area (Å²) in [5.74, 6) is 0.0279. The van der Waals surface area contributed by atoms with Crippen molar-refractivity contribution in [2.45, 2.75) is 39.2 Å². The van der Waals surface area contributed by atoms with Crippen LogP contribution in [0.25, 0.3) is 5.70 Å². The molecule has 1 fully saturated rings. The number of aliphatic carboxylic acids is 1. The Labute approximate surface area is 213 Å². The molecule has 8 nitrogen and oxygen atoms in total. The lowest BCUT2D eigenvalue weighted by Crippen LogP contribution is -2.35. The number of carboxylic acid groups (broad SMARTS) is 1. The standard InChI is InChI=1S/C28H37N3O5/c1-18(2)23-14-24(25(32)15-26(23)36-5)19(3)31(27(29)17-35-4)22-8-6-20(7-9-22)16-30-12-10-21(11-13-30)28(33)34/h6-9,14-15,18,21,29,32H,3,10-13,16-17H2,1-2,4-5H3,(H,33,34). The number of carbonyl (C=O) groups is 1. The molecule has 0 unspecified atom stereocenters. The van der Waals surface area contributed by atoms with Gasteiger partial charge in [-0.1, -0.05) is 32.6 Å². The molecule has 0 radical (unpaired) electrons. The number of methoxy groups -OCH3 is 2. The van der Waals surface area contributed by atoms with E-state index in [0.717, 1.165) is 36.4 Å². The van der Waals surface area contributed by atoms with Crippen molar-refractivity contribution < 1.29 is 24.5 Å². The second kappa shape index (κ2) is 12.1. The molecule has 8 heteroatoms. The van der Waals surface area contributed by atoms with E-state index >= 15 is 0 Å². The molecule has 2 aromatic carbocycles. The molecule has 1 aliphatic heterocycles. The Morgan fingerprint density at radius 2 is 1.83 bits per heavy atom. The minimum absolute atomic E-state index is 0.0258. The zero-order valence-electron chi connectivity index (χ0n) is 21.6. The normalized spacial score (nSPS) is 14.6. The first-order valence-electron chi connectivity index (χ1n) is 12.2. The molecule has 0 atom stereocenters. The number of likely N-dealkylation sites (tertiary alicyclic amines) is 1. The highest BCUT2D eigenvalue weighted by atomic mass is 16.5. The number of benzene rings is 2. The zero-order chi connectivity index (χ0) is 26.4. The number of phenols is 1. The summed E-state index contributed by atoms with van der Waals surface area (Å²) in [6, 6.07) is 11.3. The molecule has 0 bridgehead atoms. The van der Waals surface area contributed by atoms with Gasteiger partial charge in [0.05, 0.1) is 18.7 Å². The molecule has 3 N–H and O–H groups in total. The predicted molar refractivity (Wildman–Crippen MR) is 142 cm³/mol. The maximum absolute atomic E-state index is 11.2. The molecule has 1 saturated heterocycles. The van der Waals surface area contributed by atoms with E-state index in [1.807, 2.05) is 30.3 Å². The summed E-state index contributed by atoms with van der Waals surface area (Å²) in [4.78, 5) is 15.1. The van der Waals surface area contributed by atoms with Gasteiger partial charge in [-0.25, -0.2) is 0 Å². The molecule has 0 aromatic heterocycles.